The Labute approximate surface area is 183 Å². The summed E-state index contributed by atoms with van der Waals surface area (Å²) in [6.45, 7) is 0.663. The summed E-state index contributed by atoms with van der Waals surface area (Å²) >= 11 is 1.36. The lowest BCUT2D eigenvalue weighted by Gasteiger charge is -2.19. The molecule has 0 aliphatic carbocycles. The topological polar surface area (TPSA) is 87.7 Å². The standard InChI is InChI=1S/C23H21N3O4S/c1-30-19-14-17(10-11-18(19)26-12-2-5-21(26)27)25-22(28)15-6-8-16(9-7-15)24-23(29)20-4-3-13-31-20/h3-4,6-11,13-14H,2,5,12H2,1H3,(H,24,29)(H,25,28). The number of benzene rings is 2. The van der Waals surface area contributed by atoms with Crippen LogP contribution in [-0.4, -0.2) is 31.4 Å². The zero-order valence-electron chi connectivity index (χ0n) is 16.9. The lowest BCUT2D eigenvalue weighted by molar-refractivity contribution is -0.117. The predicted molar refractivity (Wildman–Crippen MR) is 121 cm³/mol. The van der Waals surface area contributed by atoms with E-state index in [-0.39, 0.29) is 17.7 Å². The molecule has 4 rings (SSSR count). The summed E-state index contributed by atoms with van der Waals surface area (Å²) in [5, 5.41) is 7.48. The Morgan fingerprint density at radius 2 is 1.74 bits per heavy atom. The molecule has 1 aliphatic heterocycles. The summed E-state index contributed by atoms with van der Waals surface area (Å²) < 4.78 is 5.43. The number of rotatable bonds is 6. The summed E-state index contributed by atoms with van der Waals surface area (Å²) in [5.74, 6) is 0.125. The van der Waals surface area contributed by atoms with E-state index in [2.05, 4.69) is 10.6 Å². The van der Waals surface area contributed by atoms with Gasteiger partial charge in [0.25, 0.3) is 11.8 Å². The molecule has 158 valence electrons. The zero-order valence-corrected chi connectivity index (χ0v) is 17.7. The fourth-order valence-corrected chi connectivity index (χ4v) is 4.01. The molecule has 3 amide bonds. The highest BCUT2D eigenvalue weighted by molar-refractivity contribution is 7.12. The van der Waals surface area contributed by atoms with Crippen molar-refractivity contribution in [2.24, 2.45) is 0 Å². The molecular weight excluding hydrogens is 414 g/mol. The summed E-state index contributed by atoms with van der Waals surface area (Å²) in [6.07, 6.45) is 1.36. The lowest BCUT2D eigenvalue weighted by atomic mass is 10.1. The summed E-state index contributed by atoms with van der Waals surface area (Å²) in [6, 6.07) is 15.5. The monoisotopic (exact) mass is 435 g/mol. The Kier molecular flexibility index (Phi) is 5.99. The van der Waals surface area contributed by atoms with Crippen molar-refractivity contribution in [1.82, 2.24) is 0 Å². The number of carbonyl (C=O) groups excluding carboxylic acids is 3. The second-order valence-corrected chi connectivity index (χ2v) is 7.95. The Morgan fingerprint density at radius 1 is 1.00 bits per heavy atom. The molecule has 2 aromatic carbocycles. The van der Waals surface area contributed by atoms with Crippen molar-refractivity contribution in [3.8, 4) is 5.75 Å². The van der Waals surface area contributed by atoms with Crippen LogP contribution in [0.3, 0.4) is 0 Å². The smallest absolute Gasteiger partial charge is 0.265 e. The third-order valence-corrected chi connectivity index (χ3v) is 5.82. The minimum atomic E-state index is -0.289. The van der Waals surface area contributed by atoms with E-state index in [0.29, 0.717) is 46.2 Å². The molecule has 3 aromatic rings. The zero-order chi connectivity index (χ0) is 21.8. The number of nitrogens with zero attached hydrogens (tertiary/aromatic N) is 1. The molecule has 0 radical (unpaired) electrons. The van der Waals surface area contributed by atoms with Crippen molar-refractivity contribution < 1.29 is 19.1 Å². The molecule has 1 aromatic heterocycles. The second-order valence-electron chi connectivity index (χ2n) is 7.00. The first kappa shape index (κ1) is 20.6. The van der Waals surface area contributed by atoms with Gasteiger partial charge < -0.3 is 20.3 Å². The third-order valence-electron chi connectivity index (χ3n) is 4.95. The normalized spacial score (nSPS) is 13.2. The fourth-order valence-electron chi connectivity index (χ4n) is 3.39. The number of amides is 3. The number of thiophene rings is 1. The average molecular weight is 436 g/mol. The number of hydrogen-bond acceptors (Lipinski definition) is 5. The van der Waals surface area contributed by atoms with Gasteiger partial charge in [0.2, 0.25) is 5.91 Å². The summed E-state index contributed by atoms with van der Waals surface area (Å²) in [4.78, 5) is 39.1. The van der Waals surface area contributed by atoms with Gasteiger partial charge in [-0.2, -0.15) is 0 Å². The molecule has 1 saturated heterocycles. The van der Waals surface area contributed by atoms with E-state index in [1.807, 2.05) is 11.4 Å². The van der Waals surface area contributed by atoms with Gasteiger partial charge in [0, 0.05) is 36.0 Å². The van der Waals surface area contributed by atoms with Gasteiger partial charge in [0.15, 0.2) is 0 Å². The molecule has 2 heterocycles. The molecule has 0 bridgehead atoms. The molecule has 7 nitrogen and oxygen atoms in total. The molecule has 1 fully saturated rings. The van der Waals surface area contributed by atoms with E-state index in [9.17, 15) is 14.4 Å². The highest BCUT2D eigenvalue weighted by Gasteiger charge is 2.24. The van der Waals surface area contributed by atoms with Gasteiger partial charge in [-0.05, 0) is 54.3 Å². The van der Waals surface area contributed by atoms with Crippen LogP contribution in [-0.2, 0) is 4.79 Å². The van der Waals surface area contributed by atoms with Crippen molar-refractivity contribution >= 4 is 46.1 Å². The maximum atomic E-state index is 12.6. The highest BCUT2D eigenvalue weighted by Crippen LogP contribution is 2.34. The minimum Gasteiger partial charge on any atom is -0.494 e. The van der Waals surface area contributed by atoms with Crippen LogP contribution in [0.15, 0.2) is 60.0 Å². The quantitative estimate of drug-likeness (QED) is 0.601. The summed E-state index contributed by atoms with van der Waals surface area (Å²) in [7, 11) is 1.54. The Balaban J connectivity index is 1.43. The van der Waals surface area contributed by atoms with Crippen LogP contribution >= 0.6 is 11.3 Å². The molecule has 8 heteroatoms. The first-order chi connectivity index (χ1) is 15.0. The summed E-state index contributed by atoms with van der Waals surface area (Å²) in [5.41, 5.74) is 2.32. The maximum Gasteiger partial charge on any atom is 0.265 e. The number of carbonyl (C=O) groups is 3. The van der Waals surface area contributed by atoms with E-state index < -0.39 is 0 Å². The number of methoxy groups -OCH3 is 1. The number of hydrogen-bond donors (Lipinski definition) is 2. The van der Waals surface area contributed by atoms with Gasteiger partial charge in [0.05, 0.1) is 17.7 Å². The van der Waals surface area contributed by atoms with Crippen LogP contribution in [0, 0.1) is 0 Å². The van der Waals surface area contributed by atoms with E-state index in [0.717, 1.165) is 6.42 Å². The van der Waals surface area contributed by atoms with Gasteiger partial charge in [-0.15, -0.1) is 11.3 Å². The van der Waals surface area contributed by atoms with E-state index >= 15 is 0 Å². The number of nitrogens with one attached hydrogen (secondary N) is 2. The van der Waals surface area contributed by atoms with Gasteiger partial charge in [-0.3, -0.25) is 14.4 Å². The fraction of sp³-hybridized carbons (Fsp3) is 0.174. The van der Waals surface area contributed by atoms with Crippen LogP contribution in [0.25, 0.3) is 0 Å². The van der Waals surface area contributed by atoms with Gasteiger partial charge in [-0.25, -0.2) is 0 Å². The Hall–Kier alpha value is -3.65. The van der Waals surface area contributed by atoms with Crippen LogP contribution in [0.1, 0.15) is 32.9 Å². The lowest BCUT2D eigenvalue weighted by Crippen LogP contribution is -2.24. The van der Waals surface area contributed by atoms with Gasteiger partial charge >= 0.3 is 0 Å². The molecule has 1 aliphatic rings. The highest BCUT2D eigenvalue weighted by atomic mass is 32.1. The largest absolute Gasteiger partial charge is 0.494 e. The minimum absolute atomic E-state index is 0.0707. The first-order valence-electron chi connectivity index (χ1n) is 9.80. The van der Waals surface area contributed by atoms with Gasteiger partial charge in [-0.1, -0.05) is 6.07 Å². The van der Waals surface area contributed by atoms with Crippen molar-refractivity contribution in [1.29, 1.82) is 0 Å². The molecule has 0 unspecified atom stereocenters. The van der Waals surface area contributed by atoms with Crippen LogP contribution in [0.2, 0.25) is 0 Å². The number of ether oxygens (including phenoxy) is 1. The molecule has 2 N–H and O–H groups in total. The first-order valence-corrected chi connectivity index (χ1v) is 10.7. The van der Waals surface area contributed by atoms with Crippen molar-refractivity contribution in [3.63, 3.8) is 0 Å². The van der Waals surface area contributed by atoms with Crippen LogP contribution in [0.4, 0.5) is 17.1 Å². The van der Waals surface area contributed by atoms with Crippen LogP contribution in [0.5, 0.6) is 5.75 Å². The van der Waals surface area contributed by atoms with Crippen LogP contribution < -0.4 is 20.3 Å². The van der Waals surface area contributed by atoms with Gasteiger partial charge in [0.1, 0.15) is 5.75 Å². The average Bonchev–Trinajstić information content (AvgIpc) is 3.46. The Bertz CT molecular complexity index is 1110. The predicted octanol–water partition coefficient (Wildman–Crippen LogP) is 4.39. The second kappa shape index (κ2) is 9.01. The third kappa shape index (κ3) is 4.59. The molecule has 31 heavy (non-hydrogen) atoms. The molecule has 0 spiro atoms. The van der Waals surface area contributed by atoms with Crippen molar-refractivity contribution in [3.05, 3.63) is 70.4 Å². The Morgan fingerprint density at radius 3 is 2.39 bits per heavy atom. The SMILES string of the molecule is COc1cc(NC(=O)c2ccc(NC(=O)c3cccs3)cc2)ccc1N1CCCC1=O. The molecule has 0 atom stereocenters. The number of anilines is 3. The van der Waals surface area contributed by atoms with E-state index in [1.54, 1.807) is 53.4 Å². The van der Waals surface area contributed by atoms with E-state index in [1.165, 1.54) is 18.4 Å². The molecular formula is C23H21N3O4S. The van der Waals surface area contributed by atoms with Crippen molar-refractivity contribution in [2.45, 2.75) is 12.8 Å². The van der Waals surface area contributed by atoms with Crippen molar-refractivity contribution in [2.75, 3.05) is 29.2 Å². The van der Waals surface area contributed by atoms with E-state index in [4.69, 9.17) is 4.74 Å². The maximum absolute atomic E-state index is 12.6. The molecule has 0 saturated carbocycles.